The van der Waals surface area contributed by atoms with E-state index in [0.717, 1.165) is 29.7 Å². The zero-order chi connectivity index (χ0) is 14.7. The maximum absolute atomic E-state index is 5.99. The molecule has 1 aromatic rings. The van der Waals surface area contributed by atoms with Crippen molar-refractivity contribution in [1.29, 1.82) is 0 Å². The van der Waals surface area contributed by atoms with Gasteiger partial charge in [-0.2, -0.15) is 0 Å². The largest absolute Gasteiger partial charge is 0.495 e. The number of ether oxygens (including phenoxy) is 1. The molecule has 1 saturated heterocycles. The molecule has 3 atom stereocenters. The van der Waals surface area contributed by atoms with Gasteiger partial charge in [0.25, 0.3) is 0 Å². The summed E-state index contributed by atoms with van der Waals surface area (Å²) in [5.74, 6) is 2.38. The number of methoxy groups -OCH3 is 1. The molecule has 2 N–H and O–H groups in total. The topological polar surface area (TPSA) is 38.5 Å². The van der Waals surface area contributed by atoms with Crippen LogP contribution in [0, 0.1) is 11.8 Å². The standard InChI is InChI=1S/C17H28N2O/c1-12-7-13(2)11-19(10-12)14(3)8-15-5-6-17(20-4)16(18)9-15/h5-6,9,12-14H,7-8,10-11,18H2,1-4H3. The fourth-order valence-corrected chi connectivity index (χ4v) is 3.45. The molecule has 0 aliphatic carbocycles. The first kappa shape index (κ1) is 15.2. The Labute approximate surface area is 123 Å². The molecule has 0 bridgehead atoms. The second-order valence-electron chi connectivity index (χ2n) is 6.53. The smallest absolute Gasteiger partial charge is 0.141 e. The molecule has 0 amide bonds. The molecule has 1 fully saturated rings. The first-order valence-electron chi connectivity index (χ1n) is 7.66. The number of nitrogens with two attached hydrogens (primary N) is 1. The fourth-order valence-electron chi connectivity index (χ4n) is 3.45. The molecule has 1 aliphatic heterocycles. The maximum atomic E-state index is 5.99. The monoisotopic (exact) mass is 276 g/mol. The molecule has 3 unspecified atom stereocenters. The van der Waals surface area contributed by atoms with Crippen molar-refractivity contribution >= 4 is 5.69 Å². The van der Waals surface area contributed by atoms with Crippen LogP contribution in [-0.4, -0.2) is 31.1 Å². The Bertz CT molecular complexity index is 437. The van der Waals surface area contributed by atoms with E-state index in [1.165, 1.54) is 25.1 Å². The Morgan fingerprint density at radius 2 is 1.95 bits per heavy atom. The summed E-state index contributed by atoms with van der Waals surface area (Å²) < 4.78 is 5.21. The summed E-state index contributed by atoms with van der Waals surface area (Å²) in [6.45, 7) is 9.49. The first-order valence-corrected chi connectivity index (χ1v) is 7.66. The number of piperidine rings is 1. The molecule has 3 nitrogen and oxygen atoms in total. The molecular formula is C17H28N2O. The van der Waals surface area contributed by atoms with Crippen molar-refractivity contribution in [3.63, 3.8) is 0 Å². The lowest BCUT2D eigenvalue weighted by atomic mass is 9.90. The van der Waals surface area contributed by atoms with Gasteiger partial charge in [-0.15, -0.1) is 0 Å². The van der Waals surface area contributed by atoms with Gasteiger partial charge in [-0.25, -0.2) is 0 Å². The lowest BCUT2D eigenvalue weighted by molar-refractivity contribution is 0.103. The molecule has 1 aromatic carbocycles. The number of likely N-dealkylation sites (tertiary alicyclic amines) is 1. The van der Waals surface area contributed by atoms with Gasteiger partial charge >= 0.3 is 0 Å². The average Bonchev–Trinajstić information content (AvgIpc) is 2.37. The molecule has 0 radical (unpaired) electrons. The summed E-state index contributed by atoms with van der Waals surface area (Å²) in [5, 5.41) is 0. The second-order valence-corrected chi connectivity index (χ2v) is 6.53. The lowest BCUT2D eigenvalue weighted by Gasteiger charge is -2.39. The highest BCUT2D eigenvalue weighted by molar-refractivity contribution is 5.54. The second kappa shape index (κ2) is 6.49. The lowest BCUT2D eigenvalue weighted by Crippen LogP contribution is -2.44. The minimum absolute atomic E-state index is 0.563. The van der Waals surface area contributed by atoms with Crippen LogP contribution in [0.3, 0.4) is 0 Å². The Morgan fingerprint density at radius 3 is 2.50 bits per heavy atom. The van der Waals surface area contributed by atoms with Crippen LogP contribution in [-0.2, 0) is 6.42 Å². The molecule has 1 heterocycles. The number of hydrogen-bond donors (Lipinski definition) is 1. The maximum Gasteiger partial charge on any atom is 0.141 e. The van der Waals surface area contributed by atoms with Crippen LogP contribution < -0.4 is 10.5 Å². The minimum Gasteiger partial charge on any atom is -0.495 e. The number of nitrogens with zero attached hydrogens (tertiary/aromatic N) is 1. The molecule has 112 valence electrons. The Kier molecular flexibility index (Phi) is 4.92. The van der Waals surface area contributed by atoms with Crippen LogP contribution in [0.25, 0.3) is 0 Å². The summed E-state index contributed by atoms with van der Waals surface area (Å²) >= 11 is 0. The highest BCUT2D eigenvalue weighted by Gasteiger charge is 2.25. The van der Waals surface area contributed by atoms with Crippen LogP contribution >= 0.6 is 0 Å². The van der Waals surface area contributed by atoms with Crippen LogP contribution in [0.5, 0.6) is 5.75 Å². The van der Waals surface area contributed by atoms with Gasteiger partial charge in [0.05, 0.1) is 12.8 Å². The van der Waals surface area contributed by atoms with E-state index in [0.29, 0.717) is 6.04 Å². The van der Waals surface area contributed by atoms with Crippen molar-refractivity contribution in [2.24, 2.45) is 11.8 Å². The van der Waals surface area contributed by atoms with E-state index in [-0.39, 0.29) is 0 Å². The highest BCUT2D eigenvalue weighted by Crippen LogP contribution is 2.26. The van der Waals surface area contributed by atoms with Gasteiger partial charge in [0.1, 0.15) is 5.75 Å². The quantitative estimate of drug-likeness (QED) is 0.858. The summed E-state index contributed by atoms with van der Waals surface area (Å²) in [6, 6.07) is 6.71. The number of benzene rings is 1. The normalized spacial score (nSPS) is 25.4. The summed E-state index contributed by atoms with van der Waals surface area (Å²) in [6.07, 6.45) is 2.41. The minimum atomic E-state index is 0.563. The zero-order valence-corrected chi connectivity index (χ0v) is 13.2. The molecule has 20 heavy (non-hydrogen) atoms. The summed E-state index contributed by atoms with van der Waals surface area (Å²) in [7, 11) is 1.66. The molecule has 2 rings (SSSR count). The third-order valence-corrected chi connectivity index (χ3v) is 4.35. The van der Waals surface area contributed by atoms with Gasteiger partial charge in [-0.1, -0.05) is 19.9 Å². The molecule has 0 spiro atoms. The van der Waals surface area contributed by atoms with E-state index in [4.69, 9.17) is 10.5 Å². The van der Waals surface area contributed by atoms with Crippen LogP contribution in [0.15, 0.2) is 18.2 Å². The summed E-state index contributed by atoms with van der Waals surface area (Å²) in [5.41, 5.74) is 8.02. The van der Waals surface area contributed by atoms with Crippen molar-refractivity contribution in [2.45, 2.75) is 39.7 Å². The van der Waals surface area contributed by atoms with Gasteiger partial charge in [0.15, 0.2) is 0 Å². The van der Waals surface area contributed by atoms with Crippen molar-refractivity contribution in [3.8, 4) is 5.75 Å². The van der Waals surface area contributed by atoms with E-state index in [1.54, 1.807) is 7.11 Å². The van der Waals surface area contributed by atoms with Gasteiger partial charge in [-0.3, -0.25) is 4.90 Å². The summed E-state index contributed by atoms with van der Waals surface area (Å²) in [4.78, 5) is 2.62. The van der Waals surface area contributed by atoms with Gasteiger partial charge < -0.3 is 10.5 Å². The number of hydrogen-bond acceptors (Lipinski definition) is 3. The predicted molar refractivity (Wildman–Crippen MR) is 85.1 cm³/mol. The van der Waals surface area contributed by atoms with E-state index >= 15 is 0 Å². The van der Waals surface area contributed by atoms with Crippen molar-refractivity contribution < 1.29 is 4.74 Å². The predicted octanol–water partition coefficient (Wildman–Crippen LogP) is 3.19. The van der Waals surface area contributed by atoms with E-state index in [9.17, 15) is 0 Å². The van der Waals surface area contributed by atoms with Gasteiger partial charge in [-0.05, 0) is 49.3 Å². The van der Waals surface area contributed by atoms with E-state index in [2.05, 4.69) is 31.7 Å². The van der Waals surface area contributed by atoms with E-state index < -0.39 is 0 Å². The third-order valence-electron chi connectivity index (χ3n) is 4.35. The van der Waals surface area contributed by atoms with Gasteiger partial charge in [0.2, 0.25) is 0 Å². The third kappa shape index (κ3) is 3.66. The molecule has 0 aromatic heterocycles. The molecule has 1 aliphatic rings. The zero-order valence-electron chi connectivity index (χ0n) is 13.2. The molecular weight excluding hydrogens is 248 g/mol. The number of anilines is 1. The average molecular weight is 276 g/mol. The van der Waals surface area contributed by atoms with Crippen molar-refractivity contribution in [2.75, 3.05) is 25.9 Å². The highest BCUT2D eigenvalue weighted by atomic mass is 16.5. The van der Waals surface area contributed by atoms with Crippen LogP contribution in [0.2, 0.25) is 0 Å². The fraction of sp³-hybridized carbons (Fsp3) is 0.647. The van der Waals surface area contributed by atoms with Crippen LogP contribution in [0.1, 0.15) is 32.8 Å². The van der Waals surface area contributed by atoms with Crippen molar-refractivity contribution in [1.82, 2.24) is 4.90 Å². The first-order chi connectivity index (χ1) is 9.49. The van der Waals surface area contributed by atoms with E-state index in [1.807, 2.05) is 12.1 Å². The van der Waals surface area contributed by atoms with Gasteiger partial charge in [0, 0.05) is 19.1 Å². The number of rotatable bonds is 4. The molecule has 3 heteroatoms. The molecule has 0 saturated carbocycles. The Balaban J connectivity index is 2.00. The number of nitrogen functional groups attached to an aromatic ring is 1. The SMILES string of the molecule is COc1ccc(CC(C)N2CC(C)CC(C)C2)cc1N. The Hall–Kier alpha value is -1.22. The van der Waals surface area contributed by atoms with Crippen molar-refractivity contribution in [3.05, 3.63) is 23.8 Å². The Morgan fingerprint density at radius 1 is 1.30 bits per heavy atom. The van der Waals surface area contributed by atoms with Crippen LogP contribution in [0.4, 0.5) is 5.69 Å².